The number of carbonyl (C=O) groups excluding carboxylic acids is 3. The molecule has 1 N–H and O–H groups in total. The van der Waals surface area contributed by atoms with Crippen LogP contribution in [0.15, 0.2) is 48.5 Å². The molecule has 33 heavy (non-hydrogen) atoms. The topological polar surface area (TPSA) is 84.3 Å². The molecular weight excluding hydrogens is 437 g/mol. The number of imide groups is 1. The lowest BCUT2D eigenvalue weighted by Crippen LogP contribution is -2.40. The van der Waals surface area contributed by atoms with Gasteiger partial charge in [-0.2, -0.15) is 18.3 Å². The minimum Gasteiger partial charge on any atom is -0.350 e. The van der Waals surface area contributed by atoms with Crippen molar-refractivity contribution in [2.45, 2.75) is 26.6 Å². The summed E-state index contributed by atoms with van der Waals surface area (Å²) in [6, 6.07) is 11.6. The van der Waals surface area contributed by atoms with Crippen molar-refractivity contribution in [2.24, 2.45) is 0 Å². The minimum absolute atomic E-state index is 0.150. The Kier molecular flexibility index (Phi) is 5.52. The fourth-order valence-corrected chi connectivity index (χ4v) is 3.78. The third-order valence-corrected chi connectivity index (χ3v) is 5.31. The normalized spacial score (nSPS) is 13.4. The minimum atomic E-state index is -4.66. The SMILES string of the molecule is Cc1cc(C)n(-c2ccc(CNC(=O)CN3C(=O)c4ccccc4C3=O)c(C(F)(F)F)c2)n1. The number of hydrogen-bond donors (Lipinski definition) is 1. The monoisotopic (exact) mass is 456 g/mol. The summed E-state index contributed by atoms with van der Waals surface area (Å²) < 4.78 is 42.6. The van der Waals surface area contributed by atoms with Gasteiger partial charge in [0.1, 0.15) is 6.54 Å². The lowest BCUT2D eigenvalue weighted by atomic mass is 10.1. The van der Waals surface area contributed by atoms with Gasteiger partial charge in [0.2, 0.25) is 5.91 Å². The molecule has 10 heteroatoms. The summed E-state index contributed by atoms with van der Waals surface area (Å²) in [5, 5.41) is 6.58. The number of alkyl halides is 3. The molecule has 0 fully saturated rings. The lowest BCUT2D eigenvalue weighted by Gasteiger charge is -2.17. The molecule has 0 saturated heterocycles. The van der Waals surface area contributed by atoms with E-state index in [1.807, 2.05) is 0 Å². The van der Waals surface area contributed by atoms with E-state index in [-0.39, 0.29) is 22.4 Å². The number of halogens is 3. The van der Waals surface area contributed by atoms with Gasteiger partial charge in [-0.05, 0) is 49.7 Å². The number of nitrogens with one attached hydrogen (secondary N) is 1. The van der Waals surface area contributed by atoms with Gasteiger partial charge in [0, 0.05) is 12.2 Å². The number of fused-ring (bicyclic) bond motifs is 1. The Morgan fingerprint density at radius 2 is 1.64 bits per heavy atom. The first-order chi connectivity index (χ1) is 15.6. The van der Waals surface area contributed by atoms with E-state index in [1.54, 1.807) is 32.0 Å². The summed E-state index contributed by atoms with van der Waals surface area (Å²) in [6.07, 6.45) is -4.66. The maximum atomic E-state index is 13.7. The molecule has 170 valence electrons. The van der Waals surface area contributed by atoms with Crippen LogP contribution in [-0.4, -0.2) is 38.9 Å². The standard InChI is InChI=1S/C23H19F3N4O3/c1-13-9-14(2)30(28-13)16-8-7-15(19(10-16)23(24,25)26)11-27-20(31)12-29-21(32)17-5-3-4-6-18(17)22(29)33/h3-10H,11-12H2,1-2H3,(H,27,31). The van der Waals surface area contributed by atoms with Crippen molar-refractivity contribution in [1.82, 2.24) is 20.0 Å². The number of nitrogens with zero attached hydrogens (tertiary/aromatic N) is 3. The van der Waals surface area contributed by atoms with Crippen molar-refractivity contribution in [3.05, 3.63) is 82.2 Å². The average Bonchev–Trinajstić information content (AvgIpc) is 3.22. The van der Waals surface area contributed by atoms with E-state index in [9.17, 15) is 27.6 Å². The summed E-state index contributed by atoms with van der Waals surface area (Å²) in [5.41, 5.74) is 0.920. The summed E-state index contributed by atoms with van der Waals surface area (Å²) in [7, 11) is 0. The highest BCUT2D eigenvalue weighted by Gasteiger charge is 2.37. The van der Waals surface area contributed by atoms with Crippen molar-refractivity contribution in [2.75, 3.05) is 6.54 Å². The Balaban J connectivity index is 1.50. The number of rotatable bonds is 5. The van der Waals surface area contributed by atoms with Gasteiger partial charge in [-0.1, -0.05) is 18.2 Å². The van der Waals surface area contributed by atoms with E-state index in [0.717, 1.165) is 11.0 Å². The van der Waals surface area contributed by atoms with E-state index in [0.29, 0.717) is 11.4 Å². The van der Waals surface area contributed by atoms with E-state index in [4.69, 9.17) is 0 Å². The van der Waals surface area contributed by atoms with Crippen LogP contribution in [0.25, 0.3) is 5.69 Å². The second kappa shape index (κ2) is 8.19. The number of aryl methyl sites for hydroxylation is 2. The van der Waals surface area contributed by atoms with Gasteiger partial charge in [-0.3, -0.25) is 19.3 Å². The maximum absolute atomic E-state index is 13.7. The molecule has 4 rings (SSSR count). The van der Waals surface area contributed by atoms with Crippen molar-refractivity contribution in [1.29, 1.82) is 0 Å². The molecule has 1 aliphatic rings. The average molecular weight is 456 g/mol. The van der Waals surface area contributed by atoms with Gasteiger partial charge in [-0.15, -0.1) is 0 Å². The molecule has 3 amide bonds. The Labute approximate surface area is 186 Å². The summed E-state index contributed by atoms with van der Waals surface area (Å²) >= 11 is 0. The largest absolute Gasteiger partial charge is 0.416 e. The predicted octanol–water partition coefficient (Wildman–Crippen LogP) is 3.42. The van der Waals surface area contributed by atoms with E-state index >= 15 is 0 Å². The van der Waals surface area contributed by atoms with Gasteiger partial charge >= 0.3 is 6.18 Å². The van der Waals surface area contributed by atoms with Crippen molar-refractivity contribution in [3.63, 3.8) is 0 Å². The van der Waals surface area contributed by atoms with Crippen molar-refractivity contribution >= 4 is 17.7 Å². The second-order valence-corrected chi connectivity index (χ2v) is 7.70. The Morgan fingerprint density at radius 1 is 1.00 bits per heavy atom. The number of hydrogen-bond acceptors (Lipinski definition) is 4. The van der Waals surface area contributed by atoms with Crippen LogP contribution in [0.1, 0.15) is 43.2 Å². The fourth-order valence-electron chi connectivity index (χ4n) is 3.78. The molecule has 2 aromatic carbocycles. The molecular formula is C23H19F3N4O3. The molecule has 3 aromatic rings. The summed E-state index contributed by atoms with van der Waals surface area (Å²) in [5.74, 6) is -1.98. The Bertz CT molecular complexity index is 1250. The van der Waals surface area contributed by atoms with E-state index < -0.39 is 42.6 Å². The third-order valence-electron chi connectivity index (χ3n) is 5.31. The quantitative estimate of drug-likeness (QED) is 0.597. The third kappa shape index (κ3) is 4.23. The van der Waals surface area contributed by atoms with Gasteiger partial charge < -0.3 is 5.32 Å². The van der Waals surface area contributed by atoms with Crippen LogP contribution < -0.4 is 5.32 Å². The molecule has 0 spiro atoms. The van der Waals surface area contributed by atoms with E-state index in [1.165, 1.54) is 28.9 Å². The van der Waals surface area contributed by atoms with Crippen molar-refractivity contribution < 1.29 is 27.6 Å². The highest BCUT2D eigenvalue weighted by atomic mass is 19.4. The second-order valence-electron chi connectivity index (χ2n) is 7.70. The number of benzene rings is 2. The summed E-state index contributed by atoms with van der Waals surface area (Å²) in [4.78, 5) is 37.9. The van der Waals surface area contributed by atoms with Crippen molar-refractivity contribution in [3.8, 4) is 5.69 Å². The Hall–Kier alpha value is -3.95. The van der Waals surface area contributed by atoms with Crippen LogP contribution >= 0.6 is 0 Å². The molecule has 1 aromatic heterocycles. The molecule has 2 heterocycles. The van der Waals surface area contributed by atoms with Crippen LogP contribution in [0.2, 0.25) is 0 Å². The highest BCUT2D eigenvalue weighted by Crippen LogP contribution is 2.33. The molecule has 0 saturated carbocycles. The summed E-state index contributed by atoms with van der Waals surface area (Å²) in [6.45, 7) is 2.47. The molecule has 0 bridgehead atoms. The zero-order chi connectivity index (χ0) is 23.9. The fraction of sp³-hybridized carbons (Fsp3) is 0.217. The van der Waals surface area contributed by atoms with Crippen LogP contribution in [0.3, 0.4) is 0 Å². The molecule has 0 aliphatic carbocycles. The van der Waals surface area contributed by atoms with Crippen LogP contribution in [0.4, 0.5) is 13.2 Å². The molecule has 7 nitrogen and oxygen atoms in total. The van der Waals surface area contributed by atoms with E-state index in [2.05, 4.69) is 10.4 Å². The smallest absolute Gasteiger partial charge is 0.350 e. The van der Waals surface area contributed by atoms with Crippen LogP contribution in [0.5, 0.6) is 0 Å². The highest BCUT2D eigenvalue weighted by molar-refractivity contribution is 6.22. The number of aromatic nitrogens is 2. The van der Waals surface area contributed by atoms with Crippen LogP contribution in [0, 0.1) is 13.8 Å². The predicted molar refractivity (Wildman–Crippen MR) is 112 cm³/mol. The maximum Gasteiger partial charge on any atom is 0.416 e. The molecule has 0 unspecified atom stereocenters. The van der Waals surface area contributed by atoms with Gasteiger partial charge in [-0.25, -0.2) is 4.68 Å². The van der Waals surface area contributed by atoms with Gasteiger partial charge in [0.05, 0.1) is 28.1 Å². The molecule has 0 radical (unpaired) electrons. The molecule has 1 aliphatic heterocycles. The Morgan fingerprint density at radius 3 is 2.18 bits per heavy atom. The number of carbonyl (C=O) groups is 3. The molecule has 0 atom stereocenters. The zero-order valence-electron chi connectivity index (χ0n) is 17.7. The first kappa shape index (κ1) is 22.3. The zero-order valence-corrected chi connectivity index (χ0v) is 17.7. The van der Waals surface area contributed by atoms with Gasteiger partial charge in [0.15, 0.2) is 0 Å². The van der Waals surface area contributed by atoms with Crippen LogP contribution in [-0.2, 0) is 17.5 Å². The number of amides is 3. The first-order valence-corrected chi connectivity index (χ1v) is 10.0. The first-order valence-electron chi connectivity index (χ1n) is 10.0. The van der Waals surface area contributed by atoms with Gasteiger partial charge in [0.25, 0.3) is 11.8 Å². The lowest BCUT2D eigenvalue weighted by molar-refractivity contribution is -0.138.